The second-order valence-corrected chi connectivity index (χ2v) is 26.8. The minimum absolute atomic E-state index is 0. The smallest absolute Gasteiger partial charge is 0.550 e. The quantitative estimate of drug-likeness (QED) is 0.0163. The number of fused-ring (bicyclic) bond motifs is 4. The molecule has 0 bridgehead atoms. The maximum absolute atomic E-state index is 12.3. The molecular weight excluding hydrogens is 1810 g/mol. The van der Waals surface area contributed by atoms with Crippen molar-refractivity contribution in [2.75, 3.05) is 44.2 Å². The number of hydrogen-bond acceptors (Lipinski definition) is 40. The van der Waals surface area contributed by atoms with E-state index in [1.165, 1.54) is 73.3 Å². The van der Waals surface area contributed by atoms with E-state index in [-0.39, 0.29) is 166 Å². The Morgan fingerprint density at radius 1 is 0.302 bits per heavy atom. The van der Waals surface area contributed by atoms with Gasteiger partial charge in [-0.15, -0.1) is 0 Å². The third-order valence-corrected chi connectivity index (χ3v) is 17.4. The molecule has 0 unspecified atom stereocenters. The number of carboxylic acid groups (broad SMARTS) is 8. The molecule has 4 amide bonds. The predicted molar refractivity (Wildman–Crippen MR) is 443 cm³/mol. The molecule has 0 fully saturated rings. The molecule has 53 heteroatoms. The number of nitrogens with two attached hydrogens (primary N) is 4. The van der Waals surface area contributed by atoms with Crippen LogP contribution in [0.2, 0.25) is 0 Å². The molecule has 0 radical (unpaired) electrons. The topological polar surface area (TPSA) is 864 Å². The molecule has 4 atom stereocenters. The summed E-state index contributed by atoms with van der Waals surface area (Å²) in [5, 5.41) is 99.9. The second-order valence-electron chi connectivity index (χ2n) is 26.8. The van der Waals surface area contributed by atoms with Crippen LogP contribution >= 0.6 is 0 Å². The summed E-state index contributed by atoms with van der Waals surface area (Å²) in [6.45, 7) is 0.899. The maximum Gasteiger partial charge on any atom is 4.00 e. The van der Waals surface area contributed by atoms with Crippen molar-refractivity contribution < 1.29 is 98.4 Å². The Hall–Kier alpha value is -17.4. The van der Waals surface area contributed by atoms with Gasteiger partial charge in [0.1, 0.15) is 24.2 Å². The first-order valence-electron chi connectivity index (χ1n) is 37.3. The Balaban J connectivity index is 0.000000212. The van der Waals surface area contributed by atoms with Crippen LogP contribution in [-0.4, -0.2) is 220 Å². The number of benzene rings is 4. The van der Waals surface area contributed by atoms with Gasteiger partial charge in [-0.05, 0) is 148 Å². The molecule has 52 nitrogen and oxygen atoms in total. The van der Waals surface area contributed by atoms with Crippen molar-refractivity contribution in [3.05, 3.63) is 208 Å². The number of hydrogen-bond donors (Lipinski definition) is 20. The summed E-state index contributed by atoms with van der Waals surface area (Å²) in [6, 6.07) is 19.1. The van der Waals surface area contributed by atoms with Crippen LogP contribution in [0.25, 0.3) is 44.7 Å². The van der Waals surface area contributed by atoms with Crippen LogP contribution < -0.4 is 108 Å². The second kappa shape index (κ2) is 45.6. The third-order valence-electron chi connectivity index (χ3n) is 17.4. The molecule has 12 rings (SSSR count). The average molecular weight is 1880 g/mol. The Bertz CT molecular complexity index is 5680. The molecule has 0 spiro atoms. The summed E-state index contributed by atoms with van der Waals surface area (Å²) in [5.74, 6) is -13.8. The monoisotopic (exact) mass is 1880 g/mol. The van der Waals surface area contributed by atoms with Gasteiger partial charge in [-0.25, -0.2) is 59.0 Å². The fourth-order valence-corrected chi connectivity index (χ4v) is 11.0. The summed E-state index contributed by atoms with van der Waals surface area (Å²) in [6.07, 6.45) is 2.65. The van der Waals surface area contributed by atoms with Gasteiger partial charge in [0.2, 0.25) is 23.8 Å². The summed E-state index contributed by atoms with van der Waals surface area (Å²) in [5.41, 5.74) is 25.7. The minimum Gasteiger partial charge on any atom is -0.550 e. The van der Waals surface area contributed by atoms with Gasteiger partial charge in [-0.3, -0.25) is 58.3 Å². The number of carbonyl (C=O) groups excluding carboxylic acids is 8. The average Bonchev–Trinajstić information content (AvgIpc) is 0.819. The van der Waals surface area contributed by atoms with Crippen LogP contribution in [-0.2, 0) is 64.5 Å². The van der Waals surface area contributed by atoms with Crippen molar-refractivity contribution in [2.24, 2.45) is 0 Å². The van der Waals surface area contributed by atoms with Crippen molar-refractivity contribution in [1.29, 1.82) is 0 Å². The molecule has 129 heavy (non-hydrogen) atoms. The van der Waals surface area contributed by atoms with Gasteiger partial charge in [0.05, 0.1) is 73.7 Å². The van der Waals surface area contributed by atoms with Gasteiger partial charge < -0.3 is 125 Å². The van der Waals surface area contributed by atoms with Gasteiger partial charge in [0.15, 0.2) is 44.7 Å². The number of amides is 4. The van der Waals surface area contributed by atoms with Crippen molar-refractivity contribution in [3.8, 4) is 0 Å². The number of carboxylic acids is 8. The Morgan fingerprint density at radius 3 is 0.643 bits per heavy atom. The van der Waals surface area contributed by atoms with Gasteiger partial charge in [-0.2, -0.15) is 19.9 Å². The number of aromatic amines is 4. The molecule has 8 aromatic heterocycles. The largest absolute Gasteiger partial charge is 4.00 e. The number of nitrogens with zero attached hydrogens (tertiary/aromatic N) is 12. The number of aliphatic carboxylic acids is 8. The summed E-state index contributed by atoms with van der Waals surface area (Å²) >= 11 is 0. The summed E-state index contributed by atoms with van der Waals surface area (Å²) in [7, 11) is 0. The van der Waals surface area contributed by atoms with E-state index in [9.17, 15) is 97.1 Å². The van der Waals surface area contributed by atoms with Crippen molar-refractivity contribution in [3.63, 3.8) is 0 Å². The van der Waals surface area contributed by atoms with Crippen LogP contribution in [0.1, 0.15) is 116 Å². The summed E-state index contributed by atoms with van der Waals surface area (Å²) < 4.78 is 0. The first-order chi connectivity index (χ1) is 60.9. The van der Waals surface area contributed by atoms with E-state index in [4.69, 9.17) is 43.4 Å². The van der Waals surface area contributed by atoms with Crippen LogP contribution in [0.4, 0.5) is 46.5 Å². The van der Waals surface area contributed by atoms with E-state index < -0.39 is 143 Å². The normalized spacial score (nSPS) is 11.5. The molecule has 0 saturated carbocycles. The number of anilines is 8. The van der Waals surface area contributed by atoms with Crippen LogP contribution in [0.15, 0.2) is 141 Å². The molecule has 0 aliphatic heterocycles. The number of H-pyrrole nitrogens is 4. The van der Waals surface area contributed by atoms with E-state index in [1.807, 2.05) is 0 Å². The zero-order valence-electron chi connectivity index (χ0n) is 66.5. The molecule has 0 saturated heterocycles. The number of nitrogen functional groups attached to an aromatic ring is 4. The van der Waals surface area contributed by atoms with Crippen molar-refractivity contribution in [1.82, 2.24) is 101 Å². The predicted octanol–water partition coefficient (Wildman–Crippen LogP) is -5.90. The van der Waals surface area contributed by atoms with Crippen molar-refractivity contribution in [2.45, 2.75) is 102 Å². The number of carbonyl (C=O) groups is 12. The van der Waals surface area contributed by atoms with Crippen LogP contribution in [0, 0.1) is 0 Å². The number of nitrogens with one attached hydrogen (secondary N) is 12. The van der Waals surface area contributed by atoms with E-state index in [0.717, 1.165) is 0 Å². The Kier molecular flexibility index (Phi) is 34.3. The standard InChI is InChI=1S/4C19H19N7O6.Sn/c4*20-19-25-15-14(17(30)26-19)23-11(8-22-15)7-21-10-3-1-9(2-4-10)16(29)24-12(18(31)32)5-6-13(27)28;/h4*1-4,8,12,21H,5-7H2,(H,24,29)(H,27,28)(H,31,32)(H3,20,22,25,26,30);/q;;;;+4/p-4/t4*12-;/m0000./s1. The summed E-state index contributed by atoms with van der Waals surface area (Å²) in [4.78, 5) is 242. The SMILES string of the molecule is Nc1nc2ncc(CNc3ccc(C(=O)N[C@@H](CCC(=O)[O-])C(=O)O)cc3)nc2c(=O)[nH]1.Nc1nc2ncc(CNc3ccc(C(=O)N[C@@H](CCC(=O)[O-])C(=O)O)cc3)nc2c(=O)[nH]1.Nc1nc2ncc(CNc3ccc(C(=O)N[C@@H](CCC(=O)[O-])C(=O)O)cc3)nc2c(=O)[nH]1.Nc1nc2ncc(CNc3ccc(C(=O)N[C@@H](CCC(=O)[O-])C(=O)O)cc3)nc2c(=O)[nH]1.[Sn+4]. The molecule has 0 aliphatic rings. The third kappa shape index (κ3) is 29.4. The van der Waals surface area contributed by atoms with Gasteiger partial charge in [0.25, 0.3) is 45.9 Å². The van der Waals surface area contributed by atoms with E-state index >= 15 is 0 Å². The van der Waals surface area contributed by atoms with Gasteiger partial charge in [0, 0.05) is 68.9 Å². The van der Waals surface area contributed by atoms with Gasteiger partial charge >= 0.3 is 47.8 Å². The molecule has 0 aliphatic carbocycles. The van der Waals surface area contributed by atoms with Crippen molar-refractivity contribution >= 4 is 186 Å². The molecule has 4 aromatic carbocycles. The van der Waals surface area contributed by atoms with Gasteiger partial charge in [-0.1, -0.05) is 0 Å². The first-order valence-corrected chi connectivity index (χ1v) is 37.3. The fraction of sp³-hybridized carbons (Fsp3) is 0.211. The molecule has 12 aromatic rings. The van der Waals surface area contributed by atoms with E-state index in [1.54, 1.807) is 48.5 Å². The molecule has 8 heterocycles. The Labute approximate surface area is 736 Å². The van der Waals surface area contributed by atoms with Crippen LogP contribution in [0.3, 0.4) is 0 Å². The zero-order valence-corrected chi connectivity index (χ0v) is 69.3. The molecule has 664 valence electrons. The number of aromatic nitrogens is 16. The van der Waals surface area contributed by atoms with Crippen LogP contribution in [0.5, 0.6) is 0 Å². The van der Waals surface area contributed by atoms with E-state index in [2.05, 4.69) is 122 Å². The fourth-order valence-electron chi connectivity index (χ4n) is 11.0. The Morgan fingerprint density at radius 2 is 0.481 bits per heavy atom. The molecular formula is C76H72N28O24Sn. The minimum atomic E-state index is -1.40. The van der Waals surface area contributed by atoms with E-state index in [0.29, 0.717) is 45.5 Å². The maximum atomic E-state index is 12.3. The zero-order chi connectivity index (χ0) is 93.0. The number of rotatable bonds is 36. The molecule has 24 N–H and O–H groups in total. The first kappa shape index (κ1) is 97.1.